The van der Waals surface area contributed by atoms with Crippen LogP contribution in [0, 0.1) is 6.92 Å². The molecule has 4 rings (SSSR count). The number of benzene rings is 4. The SMILES string of the molecule is Cc1cccc(C(=O)Oc2ccc(Br)cc2C=NNC(=O)C(Oc2ccccc2)Oc2ccccc2)c1. The maximum Gasteiger partial charge on any atom is 0.343 e. The first-order chi connectivity index (χ1) is 18.0. The van der Waals surface area contributed by atoms with Gasteiger partial charge in [0.2, 0.25) is 0 Å². The number of halogens is 1. The van der Waals surface area contributed by atoms with Gasteiger partial charge in [0.25, 0.3) is 0 Å². The Kier molecular flexibility index (Phi) is 8.67. The molecule has 7 nitrogen and oxygen atoms in total. The molecule has 0 aliphatic carbocycles. The smallest absolute Gasteiger partial charge is 0.343 e. The fourth-order valence-electron chi connectivity index (χ4n) is 3.24. The second-order valence-electron chi connectivity index (χ2n) is 7.87. The predicted octanol–water partition coefficient (Wildman–Crippen LogP) is 5.91. The van der Waals surface area contributed by atoms with E-state index in [0.717, 1.165) is 10.0 Å². The van der Waals surface area contributed by atoms with E-state index in [9.17, 15) is 9.59 Å². The summed E-state index contributed by atoms with van der Waals surface area (Å²) in [5.41, 5.74) is 4.28. The zero-order valence-corrected chi connectivity index (χ0v) is 21.4. The third kappa shape index (κ3) is 7.52. The van der Waals surface area contributed by atoms with Gasteiger partial charge in [0.05, 0.1) is 11.8 Å². The molecular weight excluding hydrogens is 536 g/mol. The summed E-state index contributed by atoms with van der Waals surface area (Å²) in [7, 11) is 0. The second kappa shape index (κ2) is 12.5. The molecule has 0 heterocycles. The summed E-state index contributed by atoms with van der Waals surface area (Å²) in [6, 6.07) is 29.9. The highest BCUT2D eigenvalue weighted by molar-refractivity contribution is 9.10. The van der Waals surface area contributed by atoms with E-state index >= 15 is 0 Å². The lowest BCUT2D eigenvalue weighted by Gasteiger charge is -2.18. The van der Waals surface area contributed by atoms with Crippen molar-refractivity contribution in [3.8, 4) is 17.2 Å². The quantitative estimate of drug-likeness (QED) is 0.0906. The van der Waals surface area contributed by atoms with Crippen LogP contribution in [0.25, 0.3) is 0 Å². The third-order valence-corrected chi connectivity index (χ3v) is 5.49. The van der Waals surface area contributed by atoms with Gasteiger partial charge >= 0.3 is 18.2 Å². The number of hydrazone groups is 1. The number of rotatable bonds is 9. The molecule has 0 aliphatic rings. The van der Waals surface area contributed by atoms with Crippen LogP contribution < -0.4 is 19.6 Å². The van der Waals surface area contributed by atoms with Crippen LogP contribution in [0.1, 0.15) is 21.5 Å². The summed E-state index contributed by atoms with van der Waals surface area (Å²) in [5, 5.41) is 4.04. The van der Waals surface area contributed by atoms with E-state index in [1.54, 1.807) is 84.9 Å². The number of hydrogen-bond donors (Lipinski definition) is 1. The number of ether oxygens (including phenoxy) is 3. The average Bonchev–Trinajstić information content (AvgIpc) is 2.91. The van der Waals surface area contributed by atoms with Crippen molar-refractivity contribution in [1.82, 2.24) is 5.43 Å². The topological polar surface area (TPSA) is 86.2 Å². The van der Waals surface area contributed by atoms with E-state index in [4.69, 9.17) is 14.2 Å². The highest BCUT2D eigenvalue weighted by Gasteiger charge is 2.22. The lowest BCUT2D eigenvalue weighted by atomic mass is 10.1. The molecule has 1 N–H and O–H groups in total. The van der Waals surface area contributed by atoms with Crippen LogP contribution in [0.5, 0.6) is 17.2 Å². The Morgan fingerprint density at radius 3 is 2.11 bits per heavy atom. The molecule has 4 aromatic carbocycles. The first-order valence-electron chi connectivity index (χ1n) is 11.3. The van der Waals surface area contributed by atoms with Crippen LogP contribution in [-0.4, -0.2) is 24.4 Å². The summed E-state index contributed by atoms with van der Waals surface area (Å²) < 4.78 is 17.8. The summed E-state index contributed by atoms with van der Waals surface area (Å²) in [6.45, 7) is 1.90. The van der Waals surface area contributed by atoms with Crippen LogP contribution in [0.4, 0.5) is 0 Å². The molecule has 0 radical (unpaired) electrons. The van der Waals surface area contributed by atoms with Gasteiger partial charge in [-0.25, -0.2) is 10.2 Å². The zero-order chi connectivity index (χ0) is 26.0. The number of hydrogen-bond acceptors (Lipinski definition) is 6. The monoisotopic (exact) mass is 558 g/mol. The molecule has 0 saturated heterocycles. The summed E-state index contributed by atoms with van der Waals surface area (Å²) in [5.74, 6) is 0.0691. The first kappa shape index (κ1) is 25.7. The lowest BCUT2D eigenvalue weighted by molar-refractivity contribution is -0.140. The Labute approximate surface area is 222 Å². The maximum absolute atomic E-state index is 12.9. The van der Waals surface area contributed by atoms with Crippen molar-refractivity contribution in [3.63, 3.8) is 0 Å². The molecule has 0 spiro atoms. The van der Waals surface area contributed by atoms with E-state index in [0.29, 0.717) is 22.6 Å². The Balaban J connectivity index is 1.48. The molecule has 8 heteroatoms. The first-order valence-corrected chi connectivity index (χ1v) is 12.1. The van der Waals surface area contributed by atoms with Crippen LogP contribution in [0.2, 0.25) is 0 Å². The van der Waals surface area contributed by atoms with Gasteiger partial charge in [0.1, 0.15) is 17.2 Å². The van der Waals surface area contributed by atoms with Gasteiger partial charge in [-0.05, 0) is 61.5 Å². The van der Waals surface area contributed by atoms with Crippen LogP contribution in [0.3, 0.4) is 0 Å². The normalized spacial score (nSPS) is 10.8. The van der Waals surface area contributed by atoms with Gasteiger partial charge in [-0.3, -0.25) is 4.79 Å². The second-order valence-corrected chi connectivity index (χ2v) is 8.78. The highest BCUT2D eigenvalue weighted by Crippen LogP contribution is 2.23. The number of aryl methyl sites for hydroxylation is 1. The molecule has 0 atom stereocenters. The van der Waals surface area contributed by atoms with E-state index < -0.39 is 18.2 Å². The predicted molar refractivity (Wildman–Crippen MR) is 144 cm³/mol. The summed E-state index contributed by atoms with van der Waals surface area (Å²) in [6.07, 6.45) is 0.0759. The molecule has 0 aliphatic heterocycles. The maximum atomic E-state index is 12.9. The average molecular weight is 559 g/mol. The van der Waals surface area contributed by atoms with E-state index in [1.165, 1.54) is 6.21 Å². The number of carbonyl (C=O) groups excluding carboxylic acids is 2. The van der Waals surface area contributed by atoms with Crippen LogP contribution >= 0.6 is 15.9 Å². The number of carbonyl (C=O) groups is 2. The van der Waals surface area contributed by atoms with Gasteiger partial charge in [-0.2, -0.15) is 5.10 Å². The minimum Gasteiger partial charge on any atom is -0.446 e. The number of esters is 1. The standard InChI is InChI=1S/C29H23BrN2O5/c1-20-9-8-10-21(17-20)28(34)37-26-16-15-23(30)18-22(26)19-31-32-27(33)29(35-24-11-4-2-5-12-24)36-25-13-6-3-7-14-25/h2-19,29H,1H3,(H,32,33). The van der Waals surface area contributed by atoms with Gasteiger partial charge in [0.15, 0.2) is 0 Å². The Hall–Kier alpha value is -4.43. The molecule has 1 amide bonds. The summed E-state index contributed by atoms with van der Waals surface area (Å²) >= 11 is 3.41. The minimum atomic E-state index is -1.30. The van der Waals surface area contributed by atoms with Gasteiger partial charge in [-0.1, -0.05) is 70.0 Å². The largest absolute Gasteiger partial charge is 0.446 e. The molecule has 0 bridgehead atoms. The molecular formula is C29H23BrN2O5. The lowest BCUT2D eigenvalue weighted by Crippen LogP contribution is -2.40. The van der Waals surface area contributed by atoms with Crippen molar-refractivity contribution in [2.24, 2.45) is 5.10 Å². The van der Waals surface area contributed by atoms with E-state index in [1.807, 2.05) is 25.1 Å². The minimum absolute atomic E-state index is 0.283. The Bertz CT molecular complexity index is 1350. The fraction of sp³-hybridized carbons (Fsp3) is 0.0690. The van der Waals surface area contributed by atoms with Crippen LogP contribution in [-0.2, 0) is 4.79 Å². The Morgan fingerprint density at radius 1 is 0.838 bits per heavy atom. The van der Waals surface area contributed by atoms with Gasteiger partial charge in [0, 0.05) is 10.0 Å². The van der Waals surface area contributed by atoms with Crippen molar-refractivity contribution in [2.75, 3.05) is 0 Å². The summed E-state index contributed by atoms with van der Waals surface area (Å²) in [4.78, 5) is 25.6. The van der Waals surface area contributed by atoms with Crippen molar-refractivity contribution < 1.29 is 23.8 Å². The molecule has 0 aromatic heterocycles. The molecule has 37 heavy (non-hydrogen) atoms. The highest BCUT2D eigenvalue weighted by atomic mass is 79.9. The van der Waals surface area contributed by atoms with Gasteiger partial charge in [-0.15, -0.1) is 0 Å². The van der Waals surface area contributed by atoms with Gasteiger partial charge < -0.3 is 14.2 Å². The number of nitrogens with zero attached hydrogens (tertiary/aromatic N) is 1. The van der Waals surface area contributed by atoms with Crippen molar-refractivity contribution in [2.45, 2.75) is 13.2 Å². The fourth-order valence-corrected chi connectivity index (χ4v) is 3.62. The van der Waals surface area contributed by atoms with E-state index in [2.05, 4.69) is 26.5 Å². The number of amides is 1. The Morgan fingerprint density at radius 2 is 1.49 bits per heavy atom. The molecule has 0 saturated carbocycles. The van der Waals surface area contributed by atoms with Crippen molar-refractivity contribution >= 4 is 34.0 Å². The van der Waals surface area contributed by atoms with Crippen LogP contribution in [0.15, 0.2) is 113 Å². The van der Waals surface area contributed by atoms with Crippen molar-refractivity contribution in [1.29, 1.82) is 0 Å². The molecule has 0 unspecified atom stereocenters. The molecule has 186 valence electrons. The zero-order valence-electron chi connectivity index (χ0n) is 19.8. The third-order valence-electron chi connectivity index (χ3n) is 4.99. The number of para-hydroxylation sites is 2. The molecule has 0 fully saturated rings. The number of nitrogens with one attached hydrogen (secondary N) is 1. The molecule has 4 aromatic rings. The van der Waals surface area contributed by atoms with Crippen molar-refractivity contribution in [3.05, 3.63) is 124 Å². The van der Waals surface area contributed by atoms with E-state index in [-0.39, 0.29) is 5.75 Å².